The van der Waals surface area contributed by atoms with E-state index in [4.69, 9.17) is 4.42 Å². The van der Waals surface area contributed by atoms with Gasteiger partial charge in [-0.15, -0.1) is 0 Å². The number of rotatable bonds is 4. The van der Waals surface area contributed by atoms with Crippen LogP contribution in [-0.2, 0) is 7.05 Å². The molecule has 1 amide bonds. The van der Waals surface area contributed by atoms with Crippen LogP contribution >= 0.6 is 0 Å². The third-order valence-corrected chi connectivity index (χ3v) is 4.89. The van der Waals surface area contributed by atoms with Crippen molar-refractivity contribution in [3.05, 3.63) is 89.2 Å². The smallest absolute Gasteiger partial charge is 0.288 e. The van der Waals surface area contributed by atoms with E-state index in [9.17, 15) is 4.79 Å². The molecule has 0 radical (unpaired) electrons. The van der Waals surface area contributed by atoms with E-state index in [1.165, 1.54) is 0 Å². The molecule has 0 bridgehead atoms. The molecule has 0 spiro atoms. The zero-order chi connectivity index (χ0) is 19.0. The van der Waals surface area contributed by atoms with Gasteiger partial charge in [0.2, 0.25) is 0 Å². The summed E-state index contributed by atoms with van der Waals surface area (Å²) < 4.78 is 7.85. The predicted octanol–water partition coefficient (Wildman–Crippen LogP) is 4.30. The highest BCUT2D eigenvalue weighted by Gasteiger charge is 2.25. The van der Waals surface area contributed by atoms with Gasteiger partial charge in [-0.3, -0.25) is 4.79 Å². The third-order valence-electron chi connectivity index (χ3n) is 4.89. The molecule has 0 saturated carbocycles. The van der Waals surface area contributed by atoms with Crippen LogP contribution in [-0.4, -0.2) is 15.5 Å². The van der Waals surface area contributed by atoms with E-state index >= 15 is 0 Å². The van der Waals surface area contributed by atoms with Crippen LogP contribution in [0, 0.1) is 13.8 Å². The van der Waals surface area contributed by atoms with Crippen LogP contribution < -0.4 is 5.32 Å². The minimum atomic E-state index is -0.368. The van der Waals surface area contributed by atoms with E-state index in [2.05, 4.69) is 10.3 Å². The molecule has 1 N–H and O–H groups in total. The van der Waals surface area contributed by atoms with Crippen molar-refractivity contribution in [2.24, 2.45) is 7.05 Å². The van der Waals surface area contributed by atoms with Crippen molar-refractivity contribution in [3.63, 3.8) is 0 Å². The Morgan fingerprint density at radius 3 is 2.56 bits per heavy atom. The Morgan fingerprint density at radius 1 is 1.11 bits per heavy atom. The van der Waals surface area contributed by atoms with E-state index < -0.39 is 0 Å². The number of nitrogens with zero attached hydrogens (tertiary/aromatic N) is 2. The van der Waals surface area contributed by atoms with Gasteiger partial charge in [-0.05, 0) is 25.0 Å². The summed E-state index contributed by atoms with van der Waals surface area (Å²) in [5.74, 6) is 0.855. The van der Waals surface area contributed by atoms with Gasteiger partial charge in [-0.1, -0.05) is 48.5 Å². The minimum Gasteiger partial charge on any atom is -0.450 e. The van der Waals surface area contributed by atoms with Gasteiger partial charge >= 0.3 is 0 Å². The molecule has 0 aliphatic rings. The first kappa shape index (κ1) is 17.1. The summed E-state index contributed by atoms with van der Waals surface area (Å²) in [5, 5.41) is 4.06. The standard InChI is InChI=1S/C22H21N3O2/c1-14-8-7-11-17-15(2)20(27-19(14)17)22(26)24-18(16-9-5-4-6-10-16)21-23-12-13-25(21)3/h4-13,18H,1-3H3,(H,24,26). The fraction of sp³-hybridized carbons (Fsp3) is 0.182. The van der Waals surface area contributed by atoms with Crippen LogP contribution in [0.4, 0.5) is 0 Å². The van der Waals surface area contributed by atoms with Crippen molar-refractivity contribution in [2.75, 3.05) is 0 Å². The zero-order valence-electron chi connectivity index (χ0n) is 15.6. The van der Waals surface area contributed by atoms with Crippen LogP contribution in [0.15, 0.2) is 65.3 Å². The second-order valence-electron chi connectivity index (χ2n) is 6.72. The molecular weight excluding hydrogens is 338 g/mol. The van der Waals surface area contributed by atoms with E-state index in [0.717, 1.165) is 33.5 Å². The summed E-state index contributed by atoms with van der Waals surface area (Å²) in [6.07, 6.45) is 3.60. The molecule has 27 heavy (non-hydrogen) atoms. The molecule has 0 saturated heterocycles. The summed E-state index contributed by atoms with van der Waals surface area (Å²) in [5.41, 5.74) is 3.58. The molecule has 136 valence electrons. The summed E-state index contributed by atoms with van der Waals surface area (Å²) in [6.45, 7) is 3.89. The highest BCUT2D eigenvalue weighted by Crippen LogP contribution is 2.29. The van der Waals surface area contributed by atoms with Crippen LogP contribution in [0.25, 0.3) is 11.0 Å². The van der Waals surface area contributed by atoms with Crippen molar-refractivity contribution in [2.45, 2.75) is 19.9 Å². The number of para-hydroxylation sites is 1. The number of hydrogen-bond acceptors (Lipinski definition) is 3. The number of hydrogen-bond donors (Lipinski definition) is 1. The highest BCUT2D eigenvalue weighted by molar-refractivity contribution is 5.99. The number of furan rings is 1. The summed E-state index contributed by atoms with van der Waals surface area (Å²) in [6, 6.07) is 15.4. The maximum atomic E-state index is 13.1. The maximum Gasteiger partial charge on any atom is 0.288 e. The molecule has 0 aliphatic heterocycles. The molecule has 2 aromatic carbocycles. The van der Waals surface area contributed by atoms with E-state index in [-0.39, 0.29) is 11.9 Å². The van der Waals surface area contributed by atoms with Gasteiger partial charge in [0.1, 0.15) is 17.4 Å². The number of nitrogens with one attached hydrogen (secondary N) is 1. The highest BCUT2D eigenvalue weighted by atomic mass is 16.3. The summed E-state index contributed by atoms with van der Waals surface area (Å²) >= 11 is 0. The lowest BCUT2D eigenvalue weighted by Crippen LogP contribution is -2.31. The average Bonchev–Trinajstić information content (AvgIpc) is 3.25. The van der Waals surface area contributed by atoms with Crippen LogP contribution in [0.1, 0.15) is 39.1 Å². The lowest BCUT2D eigenvalue weighted by atomic mass is 10.1. The van der Waals surface area contributed by atoms with Crippen molar-refractivity contribution in [1.82, 2.24) is 14.9 Å². The lowest BCUT2D eigenvalue weighted by Gasteiger charge is -2.18. The van der Waals surface area contributed by atoms with Gasteiger partial charge < -0.3 is 14.3 Å². The van der Waals surface area contributed by atoms with Gasteiger partial charge in [0.05, 0.1) is 0 Å². The molecule has 5 heteroatoms. The number of imidazole rings is 1. The van der Waals surface area contributed by atoms with Crippen LogP contribution in [0.2, 0.25) is 0 Å². The van der Waals surface area contributed by atoms with E-state index in [0.29, 0.717) is 5.76 Å². The average molecular weight is 359 g/mol. The molecule has 1 unspecified atom stereocenters. The normalized spacial score (nSPS) is 12.3. The first-order chi connectivity index (χ1) is 13.1. The Balaban J connectivity index is 1.74. The topological polar surface area (TPSA) is 60.1 Å². The molecule has 4 aromatic rings. The number of carbonyl (C=O) groups is 1. The second-order valence-corrected chi connectivity index (χ2v) is 6.72. The minimum absolute atomic E-state index is 0.250. The van der Waals surface area contributed by atoms with E-state index in [1.807, 2.05) is 80.2 Å². The molecule has 1 atom stereocenters. The van der Waals surface area contributed by atoms with Gasteiger partial charge in [0, 0.05) is 30.4 Å². The second kappa shape index (κ2) is 6.76. The molecular formula is C22H21N3O2. The molecule has 2 heterocycles. The zero-order valence-corrected chi connectivity index (χ0v) is 15.6. The quantitative estimate of drug-likeness (QED) is 0.591. The van der Waals surface area contributed by atoms with Crippen LogP contribution in [0.3, 0.4) is 0 Å². The predicted molar refractivity (Wildman–Crippen MR) is 105 cm³/mol. The van der Waals surface area contributed by atoms with Crippen molar-refractivity contribution >= 4 is 16.9 Å². The molecule has 0 aliphatic carbocycles. The summed E-state index contributed by atoms with van der Waals surface area (Å²) in [7, 11) is 1.92. The maximum absolute atomic E-state index is 13.1. The van der Waals surface area contributed by atoms with E-state index in [1.54, 1.807) is 6.20 Å². The lowest BCUT2D eigenvalue weighted by molar-refractivity contribution is 0.0914. The third kappa shape index (κ3) is 3.01. The number of benzene rings is 2. The molecule has 4 rings (SSSR count). The largest absolute Gasteiger partial charge is 0.450 e. The molecule has 5 nitrogen and oxygen atoms in total. The fourth-order valence-electron chi connectivity index (χ4n) is 3.40. The summed E-state index contributed by atoms with van der Waals surface area (Å²) in [4.78, 5) is 17.5. The van der Waals surface area contributed by atoms with Crippen molar-refractivity contribution in [3.8, 4) is 0 Å². The Morgan fingerprint density at radius 2 is 1.89 bits per heavy atom. The SMILES string of the molecule is Cc1c(C(=O)NC(c2ccccc2)c2nccn2C)oc2c(C)cccc12. The van der Waals surface area contributed by atoms with Crippen LogP contribution in [0.5, 0.6) is 0 Å². The van der Waals surface area contributed by atoms with Crippen molar-refractivity contribution in [1.29, 1.82) is 0 Å². The molecule has 2 aromatic heterocycles. The van der Waals surface area contributed by atoms with Gasteiger partial charge in [-0.25, -0.2) is 4.98 Å². The Bertz CT molecular complexity index is 1110. The number of fused-ring (bicyclic) bond motifs is 1. The number of carbonyl (C=O) groups excluding carboxylic acids is 1. The monoisotopic (exact) mass is 359 g/mol. The number of aryl methyl sites for hydroxylation is 3. The first-order valence-corrected chi connectivity index (χ1v) is 8.88. The van der Waals surface area contributed by atoms with Gasteiger partial charge in [0.15, 0.2) is 5.76 Å². The Labute approximate surface area is 157 Å². The first-order valence-electron chi connectivity index (χ1n) is 8.88. The fourth-order valence-corrected chi connectivity index (χ4v) is 3.40. The Hall–Kier alpha value is -3.34. The Kier molecular flexibility index (Phi) is 4.28. The van der Waals surface area contributed by atoms with Crippen molar-refractivity contribution < 1.29 is 9.21 Å². The molecule has 0 fully saturated rings. The van der Waals surface area contributed by atoms with Gasteiger partial charge in [0.25, 0.3) is 5.91 Å². The number of aromatic nitrogens is 2. The van der Waals surface area contributed by atoms with Gasteiger partial charge in [-0.2, -0.15) is 0 Å². The number of amides is 1.